The Kier molecular flexibility index (Phi) is 10.1. The zero-order valence-electron chi connectivity index (χ0n) is 24.8. The number of hydrogen-bond acceptors (Lipinski definition) is 8. The van der Waals surface area contributed by atoms with Crippen LogP contribution in [0.2, 0.25) is 0 Å². The van der Waals surface area contributed by atoms with Crippen molar-refractivity contribution in [2.24, 2.45) is 0 Å². The molecule has 0 saturated carbocycles. The number of aliphatic hydroxyl groups is 2. The summed E-state index contributed by atoms with van der Waals surface area (Å²) in [5, 5.41) is 30.7. The molecule has 0 aliphatic carbocycles. The number of aliphatic hydroxyl groups excluding tert-OH is 2. The van der Waals surface area contributed by atoms with E-state index in [1.165, 1.54) is 12.1 Å². The van der Waals surface area contributed by atoms with E-state index in [9.17, 15) is 32.9 Å². The molecule has 13 heteroatoms. The number of aliphatic carboxylic acids is 1. The number of benzene rings is 1. The molecule has 0 fully saturated rings. The van der Waals surface area contributed by atoms with E-state index in [2.05, 4.69) is 14.7 Å². The third-order valence-corrected chi connectivity index (χ3v) is 4.50. The van der Waals surface area contributed by atoms with Gasteiger partial charge in [-0.1, -0.05) is 38.0 Å². The fourth-order valence-electron chi connectivity index (χ4n) is 2.72. The van der Waals surface area contributed by atoms with Gasteiger partial charge in [-0.25, -0.2) is 12.8 Å². The van der Waals surface area contributed by atoms with Crippen molar-refractivity contribution in [3.05, 3.63) is 52.1 Å². The quantitative estimate of drug-likeness (QED) is 0.300. The van der Waals surface area contributed by atoms with Crippen LogP contribution in [-0.2, 0) is 14.8 Å². The van der Waals surface area contributed by atoms with Crippen molar-refractivity contribution in [1.29, 1.82) is 0 Å². The van der Waals surface area contributed by atoms with Gasteiger partial charge < -0.3 is 30.1 Å². The Balaban J connectivity index is 0.00000760. The third-order valence-electron chi connectivity index (χ3n) is 4.00. The molecule has 0 amide bonds. The van der Waals surface area contributed by atoms with Gasteiger partial charge in [-0.2, -0.15) is 0 Å². The Morgan fingerprint density at radius 1 is 1.24 bits per heavy atom. The second-order valence-electron chi connectivity index (χ2n) is 6.83. The number of sulfonamides is 1. The molecule has 0 aliphatic rings. The summed E-state index contributed by atoms with van der Waals surface area (Å²) in [4.78, 5) is 18.5. The van der Waals surface area contributed by atoms with Crippen LogP contribution in [0.25, 0.3) is 22.1 Å². The Morgan fingerprint density at radius 2 is 1.85 bits per heavy atom. The first-order valence-electron chi connectivity index (χ1n) is 12.1. The van der Waals surface area contributed by atoms with Gasteiger partial charge in [0.25, 0.3) is 0 Å². The number of halogens is 1. The first kappa shape index (κ1) is 23.5. The van der Waals surface area contributed by atoms with Gasteiger partial charge in [0, 0.05) is 44.9 Å². The maximum absolute atomic E-state index is 13.6. The van der Waals surface area contributed by atoms with Gasteiger partial charge in [-0.3, -0.25) is 4.72 Å². The molecule has 0 unspecified atom stereocenters. The van der Waals surface area contributed by atoms with Crippen LogP contribution in [-0.4, -0.2) is 53.0 Å². The standard InChI is InChI=1S/C21H26FN3O6S.2Na/c1-12(2)19-17(9-8-15(26)10-16(27)11-18(28)29)20(13-4-6-14(22)7-5-13)24-21(23-19)25-32(3,30)31;;/h4-9,12,15-16,26-27H,10-11H2,1-3H3,(H2,23,24,25,28,29);;/q;2*+1/p-2/b9-8+;;/t15-,16-;;/m1../s1/i1D3,2D3;;. The Hall–Kier alpha value is -0.890. The minimum atomic E-state index is -4.14. The molecule has 1 heterocycles. The summed E-state index contributed by atoms with van der Waals surface area (Å²) in [5.74, 6) is -5.26. The van der Waals surface area contributed by atoms with Crippen molar-refractivity contribution in [1.82, 2.24) is 9.97 Å². The van der Waals surface area contributed by atoms with Crippen molar-refractivity contribution in [3.8, 4) is 11.3 Å². The van der Waals surface area contributed by atoms with Gasteiger partial charge in [-0.15, -0.1) is 0 Å². The van der Waals surface area contributed by atoms with E-state index in [0.29, 0.717) is 6.26 Å². The van der Waals surface area contributed by atoms with E-state index in [1.807, 2.05) is 0 Å². The molecule has 0 bridgehead atoms. The fraction of sp³-hybridized carbons (Fsp3) is 0.381. The largest absolute Gasteiger partial charge is 1.00 e. The number of nitrogens with zero attached hydrogens (tertiary/aromatic N) is 3. The maximum Gasteiger partial charge on any atom is 1.00 e. The van der Waals surface area contributed by atoms with Gasteiger partial charge in [0.2, 0.25) is 0 Å². The minimum absolute atomic E-state index is 0. The maximum atomic E-state index is 13.6. The van der Waals surface area contributed by atoms with Gasteiger partial charge in [0.1, 0.15) is 5.82 Å². The van der Waals surface area contributed by atoms with Gasteiger partial charge >= 0.3 is 59.1 Å². The van der Waals surface area contributed by atoms with Crippen LogP contribution in [0, 0.1) is 5.82 Å². The second kappa shape index (κ2) is 14.6. The molecule has 2 atom stereocenters. The summed E-state index contributed by atoms with van der Waals surface area (Å²) in [7, 11) is -4.14. The predicted octanol–water partition coefficient (Wildman–Crippen LogP) is -4.36. The number of carboxylic acid groups (broad SMARTS) is 1. The molecule has 2 rings (SSSR count). The molecule has 34 heavy (non-hydrogen) atoms. The molecule has 0 spiro atoms. The average molecular weight is 518 g/mol. The molecule has 1 aromatic carbocycles. The number of hydrogen-bond donors (Lipinski definition) is 2. The molecule has 9 nitrogen and oxygen atoms in total. The zero-order chi connectivity index (χ0) is 29.1. The second-order valence-corrected chi connectivity index (χ2v) is 8.48. The van der Waals surface area contributed by atoms with E-state index in [4.69, 9.17) is 8.22 Å². The Morgan fingerprint density at radius 3 is 2.38 bits per heavy atom. The Bertz CT molecular complexity index is 1280. The van der Waals surface area contributed by atoms with E-state index in [0.717, 1.165) is 24.3 Å². The van der Waals surface area contributed by atoms with Gasteiger partial charge in [0.15, 0.2) is 10.0 Å². The number of aromatic nitrogens is 2. The van der Waals surface area contributed by atoms with Crippen molar-refractivity contribution < 1.29 is 100 Å². The van der Waals surface area contributed by atoms with Crippen LogP contribution in [0.5, 0.6) is 0 Å². The smallest absolute Gasteiger partial charge is 0.550 e. The SMILES string of the molecule is [2H]C([2H])([2H])C(c1nc([N-]S(C)(=O)=O)nc(-c2ccc(F)cc2)c1/C=C/[C@@H](O)C[C@@H](O)CC(=O)[O-])C([2H])([2H])[2H].[Na+].[Na+]. The van der Waals surface area contributed by atoms with Crippen LogP contribution in [0.3, 0.4) is 0 Å². The van der Waals surface area contributed by atoms with Crippen LogP contribution < -0.4 is 64.2 Å². The van der Waals surface area contributed by atoms with Crippen LogP contribution in [0.4, 0.5) is 10.3 Å². The van der Waals surface area contributed by atoms with E-state index in [1.54, 1.807) is 0 Å². The first-order chi connectivity index (χ1) is 17.3. The van der Waals surface area contributed by atoms with Crippen LogP contribution in [0.1, 0.15) is 51.9 Å². The third kappa shape index (κ3) is 10.8. The molecule has 1 aromatic heterocycles. The van der Waals surface area contributed by atoms with Crippen molar-refractivity contribution >= 4 is 28.0 Å². The first-order valence-corrected chi connectivity index (χ1v) is 11.0. The molecule has 2 aromatic rings. The summed E-state index contributed by atoms with van der Waals surface area (Å²) < 4.78 is 87.7. The van der Waals surface area contributed by atoms with Crippen molar-refractivity contribution in [2.75, 3.05) is 6.26 Å². The molecule has 174 valence electrons. The fourth-order valence-corrected chi connectivity index (χ4v) is 3.09. The van der Waals surface area contributed by atoms with Crippen LogP contribution >= 0.6 is 0 Å². The van der Waals surface area contributed by atoms with E-state index < -0.39 is 78.1 Å². The molecular formula is C21H24FN3Na2O6S. The molecule has 0 aliphatic heterocycles. The zero-order valence-corrected chi connectivity index (χ0v) is 23.6. The molecule has 2 N–H and O–H groups in total. The topological polar surface area (TPSA) is 155 Å². The van der Waals surface area contributed by atoms with Gasteiger partial charge in [0.05, 0.1) is 12.2 Å². The van der Waals surface area contributed by atoms with E-state index in [-0.39, 0.29) is 75.9 Å². The normalized spacial score (nSPS) is 16.5. The summed E-state index contributed by atoms with van der Waals surface area (Å²) in [6.07, 6.45) is -1.48. The van der Waals surface area contributed by atoms with Gasteiger partial charge in [-0.05, 0) is 34.9 Å². The number of rotatable bonds is 10. The number of carboxylic acids is 1. The predicted molar refractivity (Wildman–Crippen MR) is 115 cm³/mol. The van der Waals surface area contributed by atoms with E-state index >= 15 is 0 Å². The average Bonchev–Trinajstić information content (AvgIpc) is 2.69. The van der Waals surface area contributed by atoms with Crippen molar-refractivity contribution in [3.63, 3.8) is 0 Å². The summed E-state index contributed by atoms with van der Waals surface area (Å²) in [6.45, 7) is -6.37. The molecule has 0 radical (unpaired) electrons. The van der Waals surface area contributed by atoms with Crippen molar-refractivity contribution in [2.45, 2.75) is 44.7 Å². The summed E-state index contributed by atoms with van der Waals surface area (Å²) >= 11 is 0. The number of carbonyl (C=O) groups is 1. The monoisotopic (exact) mass is 517 g/mol. The van der Waals surface area contributed by atoms with Crippen LogP contribution in [0.15, 0.2) is 30.3 Å². The number of carbonyl (C=O) groups excluding carboxylic acids is 1. The minimum Gasteiger partial charge on any atom is -0.550 e. The molecule has 0 saturated heterocycles. The summed E-state index contributed by atoms with van der Waals surface area (Å²) in [5.41, 5.74) is -1.05. The Labute approximate surface area is 251 Å². The summed E-state index contributed by atoms with van der Waals surface area (Å²) in [6, 6.07) is 4.47. The molecular weight excluding hydrogens is 487 g/mol.